The minimum atomic E-state index is -0.944. The fourth-order valence-corrected chi connectivity index (χ4v) is 2.53. The first kappa shape index (κ1) is 14.4. The summed E-state index contributed by atoms with van der Waals surface area (Å²) in [7, 11) is 1.56. The second kappa shape index (κ2) is 5.98. The summed E-state index contributed by atoms with van der Waals surface area (Å²) in [4.78, 5) is 12.3. The van der Waals surface area contributed by atoms with Crippen LogP contribution in [0.3, 0.4) is 0 Å². The second-order valence-electron chi connectivity index (χ2n) is 5.14. The SMILES string of the molecule is CN(C(=O)O)C1CCCC(Oc2cc(F)ccc2N)C1. The van der Waals surface area contributed by atoms with Gasteiger partial charge in [-0.15, -0.1) is 0 Å². The van der Waals surface area contributed by atoms with Crippen LogP contribution in [0.4, 0.5) is 14.9 Å². The number of anilines is 1. The lowest BCUT2D eigenvalue weighted by Crippen LogP contribution is -2.42. The Morgan fingerprint density at radius 2 is 2.25 bits per heavy atom. The minimum absolute atomic E-state index is 0.0685. The molecule has 5 nitrogen and oxygen atoms in total. The smallest absolute Gasteiger partial charge is 0.407 e. The van der Waals surface area contributed by atoms with Crippen molar-refractivity contribution in [2.45, 2.75) is 37.8 Å². The summed E-state index contributed by atoms with van der Waals surface area (Å²) < 4.78 is 18.9. The first-order valence-electron chi connectivity index (χ1n) is 6.65. The number of hydrogen-bond donors (Lipinski definition) is 2. The van der Waals surface area contributed by atoms with Crippen LogP contribution in [0, 0.1) is 5.82 Å². The molecule has 1 fully saturated rings. The standard InChI is InChI=1S/C14H19FN2O3/c1-17(14(18)19)10-3-2-4-11(8-10)20-13-7-9(15)5-6-12(13)16/h5-7,10-11H,2-4,8,16H2,1H3,(H,18,19). The van der Waals surface area contributed by atoms with Gasteiger partial charge in [0.05, 0.1) is 5.69 Å². The molecule has 0 spiro atoms. The van der Waals surface area contributed by atoms with Crippen molar-refractivity contribution in [3.8, 4) is 5.75 Å². The van der Waals surface area contributed by atoms with Gasteiger partial charge in [0.2, 0.25) is 0 Å². The molecule has 0 saturated heterocycles. The maximum absolute atomic E-state index is 13.2. The van der Waals surface area contributed by atoms with Crippen molar-refractivity contribution in [2.75, 3.05) is 12.8 Å². The van der Waals surface area contributed by atoms with Crippen molar-refractivity contribution in [2.24, 2.45) is 0 Å². The Morgan fingerprint density at radius 1 is 1.50 bits per heavy atom. The molecular weight excluding hydrogens is 263 g/mol. The Kier molecular flexibility index (Phi) is 4.32. The molecule has 0 heterocycles. The van der Waals surface area contributed by atoms with Gasteiger partial charge in [0.1, 0.15) is 17.7 Å². The molecule has 2 rings (SSSR count). The summed E-state index contributed by atoms with van der Waals surface area (Å²) in [5, 5.41) is 9.01. The van der Waals surface area contributed by atoms with Gasteiger partial charge < -0.3 is 20.5 Å². The third-order valence-corrected chi connectivity index (χ3v) is 3.72. The Labute approximate surface area is 117 Å². The molecule has 3 N–H and O–H groups in total. The van der Waals surface area contributed by atoms with Crippen LogP contribution >= 0.6 is 0 Å². The highest BCUT2D eigenvalue weighted by atomic mass is 19.1. The highest BCUT2D eigenvalue weighted by molar-refractivity contribution is 5.65. The van der Waals surface area contributed by atoms with Crippen LogP contribution in [-0.4, -0.2) is 35.3 Å². The third kappa shape index (κ3) is 3.31. The van der Waals surface area contributed by atoms with Crippen LogP contribution in [0.2, 0.25) is 0 Å². The van der Waals surface area contributed by atoms with E-state index in [9.17, 15) is 9.18 Å². The predicted octanol–water partition coefficient (Wildman–Crippen LogP) is 2.71. The number of carbonyl (C=O) groups is 1. The first-order valence-corrected chi connectivity index (χ1v) is 6.65. The number of carboxylic acid groups (broad SMARTS) is 1. The Morgan fingerprint density at radius 3 is 2.95 bits per heavy atom. The second-order valence-corrected chi connectivity index (χ2v) is 5.14. The van der Waals surface area contributed by atoms with Gasteiger partial charge in [-0.2, -0.15) is 0 Å². The van der Waals surface area contributed by atoms with Crippen LogP contribution in [0.25, 0.3) is 0 Å². The van der Waals surface area contributed by atoms with E-state index in [1.165, 1.54) is 23.1 Å². The van der Waals surface area contributed by atoms with E-state index >= 15 is 0 Å². The van der Waals surface area contributed by atoms with Gasteiger partial charge in [-0.3, -0.25) is 0 Å². The van der Waals surface area contributed by atoms with E-state index in [4.69, 9.17) is 15.6 Å². The molecule has 2 unspecified atom stereocenters. The van der Waals surface area contributed by atoms with Crippen molar-refractivity contribution >= 4 is 11.8 Å². The summed E-state index contributed by atoms with van der Waals surface area (Å²) >= 11 is 0. The van der Waals surface area contributed by atoms with Crippen molar-refractivity contribution in [1.82, 2.24) is 4.90 Å². The topological polar surface area (TPSA) is 75.8 Å². The number of benzene rings is 1. The maximum Gasteiger partial charge on any atom is 0.407 e. The molecule has 1 amide bonds. The summed E-state index contributed by atoms with van der Waals surface area (Å²) in [6.45, 7) is 0. The van der Waals surface area contributed by atoms with Gasteiger partial charge >= 0.3 is 6.09 Å². The number of ether oxygens (including phenoxy) is 1. The summed E-state index contributed by atoms with van der Waals surface area (Å²) in [5.74, 6) is -0.0714. The van der Waals surface area contributed by atoms with Crippen LogP contribution in [0.5, 0.6) is 5.75 Å². The van der Waals surface area contributed by atoms with E-state index in [1.54, 1.807) is 7.05 Å². The zero-order valence-electron chi connectivity index (χ0n) is 11.4. The molecule has 0 aliphatic heterocycles. The summed E-state index contributed by atoms with van der Waals surface area (Å²) in [6.07, 6.45) is 2.03. The molecule has 2 atom stereocenters. The fourth-order valence-electron chi connectivity index (χ4n) is 2.53. The molecule has 1 aliphatic carbocycles. The molecular formula is C14H19FN2O3. The van der Waals surface area contributed by atoms with Crippen molar-refractivity contribution < 1.29 is 19.0 Å². The number of nitrogens with zero attached hydrogens (tertiary/aromatic N) is 1. The lowest BCUT2D eigenvalue weighted by Gasteiger charge is -2.34. The quantitative estimate of drug-likeness (QED) is 0.836. The molecule has 0 bridgehead atoms. The van der Waals surface area contributed by atoms with Gasteiger partial charge in [0, 0.05) is 25.6 Å². The van der Waals surface area contributed by atoms with Gasteiger partial charge in [-0.05, 0) is 31.4 Å². The fraction of sp³-hybridized carbons (Fsp3) is 0.500. The van der Waals surface area contributed by atoms with Gasteiger partial charge in [-0.1, -0.05) is 0 Å². The maximum atomic E-state index is 13.2. The number of rotatable bonds is 3. The van der Waals surface area contributed by atoms with E-state index < -0.39 is 11.9 Å². The molecule has 1 aromatic rings. The van der Waals surface area contributed by atoms with E-state index in [0.717, 1.165) is 19.3 Å². The molecule has 0 aromatic heterocycles. The lowest BCUT2D eigenvalue weighted by molar-refractivity contribution is 0.0824. The molecule has 110 valence electrons. The molecule has 1 saturated carbocycles. The van der Waals surface area contributed by atoms with Crippen LogP contribution in [-0.2, 0) is 0 Å². The Bertz CT molecular complexity index is 495. The number of nitrogens with two attached hydrogens (primary N) is 1. The van der Waals surface area contributed by atoms with E-state index in [0.29, 0.717) is 17.9 Å². The molecule has 1 aromatic carbocycles. The van der Waals surface area contributed by atoms with E-state index in [1.807, 2.05) is 0 Å². The molecule has 6 heteroatoms. The van der Waals surface area contributed by atoms with Crippen molar-refractivity contribution in [3.63, 3.8) is 0 Å². The molecule has 20 heavy (non-hydrogen) atoms. The predicted molar refractivity (Wildman–Crippen MR) is 73.3 cm³/mol. The molecule has 0 radical (unpaired) electrons. The minimum Gasteiger partial charge on any atom is -0.488 e. The summed E-state index contributed by atoms with van der Waals surface area (Å²) in [6, 6.07) is 3.94. The number of nitrogen functional groups attached to an aromatic ring is 1. The average Bonchev–Trinajstić information content (AvgIpc) is 2.42. The molecule has 1 aliphatic rings. The van der Waals surface area contributed by atoms with Gasteiger partial charge in [0.15, 0.2) is 0 Å². The Balaban J connectivity index is 2.02. The van der Waals surface area contributed by atoms with Crippen LogP contribution in [0.15, 0.2) is 18.2 Å². The zero-order valence-corrected chi connectivity index (χ0v) is 11.4. The number of halogens is 1. The zero-order chi connectivity index (χ0) is 14.7. The van der Waals surface area contributed by atoms with E-state index in [2.05, 4.69) is 0 Å². The van der Waals surface area contributed by atoms with Gasteiger partial charge in [0.25, 0.3) is 0 Å². The van der Waals surface area contributed by atoms with E-state index in [-0.39, 0.29) is 12.1 Å². The van der Waals surface area contributed by atoms with Crippen molar-refractivity contribution in [3.05, 3.63) is 24.0 Å². The van der Waals surface area contributed by atoms with Gasteiger partial charge in [-0.25, -0.2) is 9.18 Å². The van der Waals surface area contributed by atoms with Crippen molar-refractivity contribution in [1.29, 1.82) is 0 Å². The highest BCUT2D eigenvalue weighted by Crippen LogP contribution is 2.29. The number of hydrogen-bond acceptors (Lipinski definition) is 3. The summed E-state index contributed by atoms with van der Waals surface area (Å²) in [5.41, 5.74) is 6.14. The van der Waals surface area contributed by atoms with Crippen LogP contribution < -0.4 is 10.5 Å². The van der Waals surface area contributed by atoms with Crippen LogP contribution in [0.1, 0.15) is 25.7 Å². The highest BCUT2D eigenvalue weighted by Gasteiger charge is 2.28. The lowest BCUT2D eigenvalue weighted by atomic mass is 9.92. The number of amides is 1. The largest absolute Gasteiger partial charge is 0.488 e. The normalized spacial score (nSPS) is 22.3. The Hall–Kier alpha value is -1.98. The average molecular weight is 282 g/mol. The third-order valence-electron chi connectivity index (χ3n) is 3.72. The monoisotopic (exact) mass is 282 g/mol. The first-order chi connectivity index (χ1) is 9.47.